The van der Waals surface area contributed by atoms with E-state index in [-0.39, 0.29) is 0 Å². The Morgan fingerprint density at radius 2 is 0.727 bits per heavy atom. The highest BCUT2D eigenvalue weighted by Gasteiger charge is 2.03. The van der Waals surface area contributed by atoms with Gasteiger partial charge in [0.2, 0.25) is 0 Å². The van der Waals surface area contributed by atoms with Gasteiger partial charge in [-0.2, -0.15) is 0 Å². The van der Waals surface area contributed by atoms with Crippen molar-refractivity contribution in [1.82, 2.24) is 10.2 Å². The van der Waals surface area contributed by atoms with E-state index >= 15 is 0 Å². The predicted octanol–water partition coefficient (Wildman–Crippen LogP) is 13.5. The van der Waals surface area contributed by atoms with E-state index in [9.17, 15) is 0 Å². The number of nitrogens with two attached hydrogens (primary N) is 1. The highest BCUT2D eigenvalue weighted by molar-refractivity contribution is 9.09. The van der Waals surface area contributed by atoms with Gasteiger partial charge in [0.05, 0.1) is 0 Å². The summed E-state index contributed by atoms with van der Waals surface area (Å²) in [7, 11) is 0. The summed E-state index contributed by atoms with van der Waals surface area (Å²) in [4.78, 5) is 2.69. The Balaban J connectivity index is -0.000000262. The van der Waals surface area contributed by atoms with Crippen LogP contribution in [-0.2, 0) is 0 Å². The van der Waals surface area contributed by atoms with Crippen molar-refractivity contribution in [3.63, 3.8) is 0 Å². The molecule has 0 atom stereocenters. The van der Waals surface area contributed by atoms with Crippen molar-refractivity contribution in [2.24, 2.45) is 5.73 Å². The summed E-state index contributed by atoms with van der Waals surface area (Å²) in [5.74, 6) is 0. The Bertz CT molecular complexity index is 382. The number of hydrogen-bond acceptors (Lipinski definition) is 3. The third-order valence-electron chi connectivity index (χ3n) is 7.94. The van der Waals surface area contributed by atoms with Crippen LogP contribution in [0.15, 0.2) is 0 Å². The molecule has 0 spiro atoms. The van der Waals surface area contributed by atoms with Crippen molar-refractivity contribution in [2.45, 2.75) is 215 Å². The summed E-state index contributed by atoms with van der Waals surface area (Å²) in [5, 5.41) is 4.63. The molecule has 0 fully saturated rings. The topological polar surface area (TPSA) is 41.3 Å². The van der Waals surface area contributed by atoms with Gasteiger partial charge in [0.25, 0.3) is 0 Å². The van der Waals surface area contributed by atoms with Crippen LogP contribution in [0, 0.1) is 0 Å². The van der Waals surface area contributed by atoms with E-state index in [0.717, 1.165) is 11.9 Å². The van der Waals surface area contributed by atoms with E-state index in [4.69, 9.17) is 5.73 Å². The van der Waals surface area contributed by atoms with Gasteiger partial charge in [-0.25, -0.2) is 0 Å². The fourth-order valence-electron chi connectivity index (χ4n) is 4.73. The van der Waals surface area contributed by atoms with Crippen molar-refractivity contribution >= 4 is 15.9 Å². The summed E-state index contributed by atoms with van der Waals surface area (Å²) in [6, 6.07) is 0. The molecule has 3 nitrogen and oxygen atoms in total. The third kappa shape index (κ3) is 61.4. The minimum absolute atomic E-state index is 0.867. The second-order valence-corrected chi connectivity index (χ2v) is 13.6. The van der Waals surface area contributed by atoms with Gasteiger partial charge in [0.1, 0.15) is 0 Å². The lowest BCUT2D eigenvalue weighted by molar-refractivity contribution is 0.259. The lowest BCUT2D eigenvalue weighted by Crippen LogP contribution is -2.27. The Kier molecular flexibility index (Phi) is 64.9. The molecule has 0 aromatic rings. The molecule has 0 aromatic heterocycles. The molecule has 0 saturated heterocycles. The Morgan fingerprint density at radius 1 is 0.386 bits per heavy atom. The zero-order valence-electron chi connectivity index (χ0n) is 32.2. The largest absolute Gasteiger partial charge is 0.330 e. The molecule has 0 aliphatic heterocycles. The minimum Gasteiger partial charge on any atom is -0.330 e. The van der Waals surface area contributed by atoms with Crippen molar-refractivity contribution in [3.8, 4) is 0 Å². The minimum atomic E-state index is 0.867. The molecule has 0 unspecified atom stereocenters. The molecule has 4 heteroatoms. The van der Waals surface area contributed by atoms with Crippen LogP contribution < -0.4 is 11.1 Å². The first-order chi connectivity index (χ1) is 21.6. The molecule has 0 aromatic carbocycles. The molecule has 0 aliphatic carbocycles. The molecule has 0 aliphatic rings. The first kappa shape index (κ1) is 51.2. The highest BCUT2D eigenvalue weighted by Crippen LogP contribution is 2.08. The van der Waals surface area contributed by atoms with Gasteiger partial charge in [0.15, 0.2) is 0 Å². The zero-order valence-corrected chi connectivity index (χ0v) is 33.8. The van der Waals surface area contributed by atoms with Crippen molar-refractivity contribution < 1.29 is 0 Å². The Labute approximate surface area is 291 Å². The standard InChI is InChI=1S/C16H35N.C12H27N.C8H19N.C4H9Br/c1-4-7-10-11-12-13-16-17(14-8-5-2)15-9-6-3;1-3-5-7-8-9-10-12-13-11-6-4-2;1-2-3-4-5-6-7-8-9;1-2-3-4-5/h4-16H2,1-3H3;13H,3-12H2,1-2H3;2-9H2,1H3;2-4H2,1H3. The zero-order chi connectivity index (χ0) is 33.6. The highest BCUT2D eigenvalue weighted by atomic mass is 79.9. The second kappa shape index (κ2) is 55.7. The molecule has 272 valence electrons. The monoisotopic (exact) mass is 692 g/mol. The van der Waals surface area contributed by atoms with E-state index in [1.54, 1.807) is 0 Å². The first-order valence-corrected chi connectivity index (χ1v) is 21.4. The van der Waals surface area contributed by atoms with Gasteiger partial charge >= 0.3 is 0 Å². The van der Waals surface area contributed by atoms with Gasteiger partial charge in [-0.15, -0.1) is 0 Å². The molecule has 0 amide bonds. The van der Waals surface area contributed by atoms with E-state index in [2.05, 4.69) is 74.6 Å². The Hall–Kier alpha value is 0.360. The molecule has 3 N–H and O–H groups in total. The normalized spacial score (nSPS) is 10.5. The first-order valence-electron chi connectivity index (χ1n) is 20.3. The van der Waals surface area contributed by atoms with Crippen molar-refractivity contribution in [3.05, 3.63) is 0 Å². The quantitative estimate of drug-likeness (QED) is 0.0561. The van der Waals surface area contributed by atoms with Gasteiger partial charge in [-0.05, 0) is 84.2 Å². The van der Waals surface area contributed by atoms with Crippen LogP contribution in [0.3, 0.4) is 0 Å². The third-order valence-corrected chi connectivity index (χ3v) is 8.50. The van der Waals surface area contributed by atoms with Crippen LogP contribution >= 0.6 is 15.9 Å². The number of nitrogens with zero attached hydrogens (tertiary/aromatic N) is 1. The number of halogens is 1. The lowest BCUT2D eigenvalue weighted by atomic mass is 10.1. The molecule has 44 heavy (non-hydrogen) atoms. The summed E-state index contributed by atoms with van der Waals surface area (Å²) in [5.41, 5.74) is 5.34. The van der Waals surface area contributed by atoms with E-state index in [0.29, 0.717) is 0 Å². The van der Waals surface area contributed by atoms with Gasteiger partial charge in [0, 0.05) is 5.33 Å². The fraction of sp³-hybridized carbons (Fsp3) is 1.00. The molecule has 0 radical (unpaired) electrons. The van der Waals surface area contributed by atoms with Crippen LogP contribution in [-0.4, -0.2) is 49.5 Å². The molecule has 0 rings (SSSR count). The average Bonchev–Trinajstić information content (AvgIpc) is 3.04. The maximum Gasteiger partial charge on any atom is 0.00312 e. The number of rotatable bonds is 31. The average molecular weight is 693 g/mol. The summed E-state index contributed by atoms with van der Waals surface area (Å²) >= 11 is 3.31. The van der Waals surface area contributed by atoms with Crippen LogP contribution in [0.4, 0.5) is 0 Å². The second-order valence-electron chi connectivity index (χ2n) is 12.8. The number of hydrogen-bond donors (Lipinski definition) is 2. The summed E-state index contributed by atoms with van der Waals surface area (Å²) < 4.78 is 0. The maximum absolute atomic E-state index is 5.34. The molecular weight excluding hydrogens is 602 g/mol. The fourth-order valence-corrected chi connectivity index (χ4v) is 5.29. The van der Waals surface area contributed by atoms with Crippen molar-refractivity contribution in [1.29, 1.82) is 0 Å². The molecule has 0 heterocycles. The molecule has 0 bridgehead atoms. The smallest absolute Gasteiger partial charge is 0.00312 e. The van der Waals surface area contributed by atoms with Gasteiger partial charge < -0.3 is 16.0 Å². The van der Waals surface area contributed by atoms with Crippen LogP contribution in [0.5, 0.6) is 0 Å². The van der Waals surface area contributed by atoms with E-state index in [1.807, 2.05) is 0 Å². The molecule has 0 saturated carbocycles. The van der Waals surface area contributed by atoms with Crippen LogP contribution in [0.2, 0.25) is 0 Å². The van der Waals surface area contributed by atoms with E-state index < -0.39 is 0 Å². The number of unbranched alkanes of at least 4 members (excludes halogenated alkanes) is 19. The van der Waals surface area contributed by atoms with Crippen molar-refractivity contribution in [2.75, 3.05) is 44.6 Å². The van der Waals surface area contributed by atoms with Gasteiger partial charge in [-0.3, -0.25) is 0 Å². The summed E-state index contributed by atoms with van der Waals surface area (Å²) in [6.45, 7) is 23.1. The van der Waals surface area contributed by atoms with E-state index in [1.165, 1.54) is 200 Å². The predicted molar refractivity (Wildman–Crippen MR) is 212 cm³/mol. The number of nitrogens with one attached hydrogen (secondary N) is 1. The maximum atomic E-state index is 5.34. The summed E-state index contributed by atoms with van der Waals surface area (Å²) in [6.07, 6.45) is 35.7. The van der Waals surface area contributed by atoms with Crippen LogP contribution in [0.1, 0.15) is 215 Å². The number of alkyl halides is 1. The van der Waals surface area contributed by atoms with Crippen LogP contribution in [0.25, 0.3) is 0 Å². The van der Waals surface area contributed by atoms with Gasteiger partial charge in [-0.1, -0.05) is 186 Å². The lowest BCUT2D eigenvalue weighted by Gasteiger charge is -2.21. The molecular formula is C40H90BrN3. The Morgan fingerprint density at radius 3 is 1.11 bits per heavy atom. The SMILES string of the molecule is CCCCBr.CCCCCCCCN.CCCCCCCCN(CCCC)CCCC.CCCCCCCCNCCCC.